The van der Waals surface area contributed by atoms with Crippen LogP contribution < -0.4 is 15.4 Å². The van der Waals surface area contributed by atoms with Gasteiger partial charge in [0, 0.05) is 30.5 Å². The number of amides is 2. The zero-order valence-electron chi connectivity index (χ0n) is 16.9. The second kappa shape index (κ2) is 9.73. The van der Waals surface area contributed by atoms with E-state index in [0.29, 0.717) is 23.7 Å². The summed E-state index contributed by atoms with van der Waals surface area (Å²) in [4.78, 5) is 14.4. The summed E-state index contributed by atoms with van der Waals surface area (Å²) in [5.41, 5.74) is 2.70. The Bertz CT molecular complexity index is 1000. The van der Waals surface area contributed by atoms with Crippen molar-refractivity contribution in [2.45, 2.75) is 0 Å². The minimum atomic E-state index is -0.432. The van der Waals surface area contributed by atoms with Gasteiger partial charge in [0.1, 0.15) is 18.2 Å². The van der Waals surface area contributed by atoms with Crippen LogP contribution in [0.25, 0.3) is 11.3 Å². The highest BCUT2D eigenvalue weighted by Crippen LogP contribution is 2.36. The fourth-order valence-electron chi connectivity index (χ4n) is 2.80. The summed E-state index contributed by atoms with van der Waals surface area (Å²) >= 11 is 3.53. The van der Waals surface area contributed by atoms with Gasteiger partial charge in [0.15, 0.2) is 0 Å². The molecule has 0 saturated carbocycles. The Kier molecular flexibility index (Phi) is 7.07. The predicted molar refractivity (Wildman–Crippen MR) is 119 cm³/mol. The number of hydrogen-bond acceptors (Lipinski definition) is 4. The largest absolute Gasteiger partial charge is 0.492 e. The fourth-order valence-corrected chi connectivity index (χ4v) is 3.36. The van der Waals surface area contributed by atoms with Crippen LogP contribution in [0.4, 0.5) is 20.6 Å². The van der Waals surface area contributed by atoms with Crippen molar-refractivity contribution < 1.29 is 13.9 Å². The Morgan fingerprint density at radius 2 is 1.83 bits per heavy atom. The van der Waals surface area contributed by atoms with Crippen molar-refractivity contribution >= 4 is 33.3 Å². The molecule has 2 aromatic carbocycles. The van der Waals surface area contributed by atoms with E-state index in [1.807, 2.05) is 38.2 Å². The molecule has 3 rings (SSSR count). The standard InChI is InChI=1S/C21H23BrFN5O2/c1-27(2)10-11-30-19-9-8-16(12-17(19)20-18(22)13-24-28(20)3)26-21(29)25-15-6-4-14(23)5-7-15/h4-9,12-13H,10-11H2,1-3H3,(H2,25,26,29). The Labute approximate surface area is 183 Å². The predicted octanol–water partition coefficient (Wildman–Crippen LogP) is 4.57. The minimum absolute atomic E-state index is 0.364. The second-order valence-corrected chi connectivity index (χ2v) is 7.77. The van der Waals surface area contributed by atoms with Crippen LogP contribution >= 0.6 is 15.9 Å². The van der Waals surface area contributed by atoms with Crippen molar-refractivity contribution in [1.29, 1.82) is 0 Å². The molecular weight excluding hydrogens is 453 g/mol. The van der Waals surface area contributed by atoms with Gasteiger partial charge in [0.25, 0.3) is 0 Å². The first-order valence-electron chi connectivity index (χ1n) is 9.26. The van der Waals surface area contributed by atoms with E-state index in [1.165, 1.54) is 24.3 Å². The van der Waals surface area contributed by atoms with Crippen LogP contribution in [0.1, 0.15) is 0 Å². The number of halogens is 2. The maximum absolute atomic E-state index is 13.0. The Balaban J connectivity index is 1.82. The summed E-state index contributed by atoms with van der Waals surface area (Å²) in [6.45, 7) is 1.29. The van der Waals surface area contributed by atoms with Gasteiger partial charge in [-0.05, 0) is 72.5 Å². The highest BCUT2D eigenvalue weighted by molar-refractivity contribution is 9.10. The SMILES string of the molecule is CN(C)CCOc1ccc(NC(=O)Nc2ccc(F)cc2)cc1-c1c(Br)cnn1C. The number of ether oxygens (including phenoxy) is 1. The van der Waals surface area contributed by atoms with Gasteiger partial charge in [0.2, 0.25) is 0 Å². The molecule has 0 unspecified atom stereocenters. The molecule has 0 atom stereocenters. The monoisotopic (exact) mass is 475 g/mol. The molecule has 0 aliphatic carbocycles. The van der Waals surface area contributed by atoms with Crippen molar-refractivity contribution in [3.8, 4) is 17.0 Å². The van der Waals surface area contributed by atoms with Gasteiger partial charge in [-0.3, -0.25) is 4.68 Å². The van der Waals surface area contributed by atoms with Crippen LogP contribution in [0, 0.1) is 5.82 Å². The summed E-state index contributed by atoms with van der Waals surface area (Å²) in [5.74, 6) is 0.322. The fraction of sp³-hybridized carbons (Fsp3) is 0.238. The number of aryl methyl sites for hydroxylation is 1. The summed E-state index contributed by atoms with van der Waals surface area (Å²) in [7, 11) is 5.80. The second-order valence-electron chi connectivity index (χ2n) is 6.91. The van der Waals surface area contributed by atoms with E-state index in [4.69, 9.17) is 4.74 Å². The molecule has 3 aromatic rings. The van der Waals surface area contributed by atoms with Crippen molar-refractivity contribution in [3.63, 3.8) is 0 Å². The van der Waals surface area contributed by atoms with Crippen LogP contribution in [-0.4, -0.2) is 48.0 Å². The molecule has 0 aliphatic heterocycles. The number of rotatable bonds is 7. The quantitative estimate of drug-likeness (QED) is 0.524. The first kappa shape index (κ1) is 21.8. The van der Waals surface area contributed by atoms with E-state index >= 15 is 0 Å². The molecule has 158 valence electrons. The van der Waals surface area contributed by atoms with Gasteiger partial charge in [-0.25, -0.2) is 9.18 Å². The molecule has 2 amide bonds. The molecular formula is C21H23BrFN5O2. The third-order valence-corrected chi connectivity index (χ3v) is 4.87. The highest BCUT2D eigenvalue weighted by atomic mass is 79.9. The molecule has 7 nitrogen and oxygen atoms in total. The minimum Gasteiger partial charge on any atom is -0.492 e. The van der Waals surface area contributed by atoms with Crippen LogP contribution in [0.2, 0.25) is 0 Å². The van der Waals surface area contributed by atoms with Gasteiger partial charge in [-0.2, -0.15) is 5.10 Å². The molecule has 1 aromatic heterocycles. The van der Waals surface area contributed by atoms with Crippen LogP contribution in [0.3, 0.4) is 0 Å². The van der Waals surface area contributed by atoms with E-state index in [-0.39, 0.29) is 5.82 Å². The summed E-state index contributed by atoms with van der Waals surface area (Å²) < 4.78 is 21.6. The molecule has 0 radical (unpaired) electrons. The van der Waals surface area contributed by atoms with E-state index < -0.39 is 6.03 Å². The Hall–Kier alpha value is -2.91. The van der Waals surface area contributed by atoms with E-state index in [1.54, 1.807) is 16.9 Å². The van der Waals surface area contributed by atoms with Crippen molar-refractivity contribution in [2.24, 2.45) is 7.05 Å². The number of carbonyl (C=O) groups is 1. The smallest absolute Gasteiger partial charge is 0.323 e. The first-order valence-corrected chi connectivity index (χ1v) is 10.1. The maximum atomic E-state index is 13.0. The number of hydrogen-bond donors (Lipinski definition) is 2. The molecule has 0 saturated heterocycles. The number of anilines is 2. The van der Waals surface area contributed by atoms with Crippen LogP contribution in [0.5, 0.6) is 5.75 Å². The number of benzene rings is 2. The topological polar surface area (TPSA) is 71.4 Å². The zero-order chi connectivity index (χ0) is 21.7. The number of likely N-dealkylation sites (N-methyl/N-ethyl adjacent to an activating group) is 1. The average molecular weight is 476 g/mol. The van der Waals surface area contributed by atoms with Crippen molar-refractivity contribution in [3.05, 3.63) is 59.0 Å². The average Bonchev–Trinajstić information content (AvgIpc) is 3.02. The lowest BCUT2D eigenvalue weighted by molar-refractivity contribution is 0.261. The molecule has 30 heavy (non-hydrogen) atoms. The number of carbonyl (C=O) groups excluding carboxylic acids is 1. The van der Waals surface area contributed by atoms with Gasteiger partial charge in [-0.1, -0.05) is 0 Å². The number of nitrogens with one attached hydrogen (secondary N) is 2. The maximum Gasteiger partial charge on any atom is 0.323 e. The van der Waals surface area contributed by atoms with Crippen LogP contribution in [0.15, 0.2) is 53.1 Å². The molecule has 1 heterocycles. The molecule has 0 fully saturated rings. The summed E-state index contributed by atoms with van der Waals surface area (Å²) in [6.07, 6.45) is 1.71. The molecule has 0 aliphatic rings. The van der Waals surface area contributed by atoms with Crippen molar-refractivity contribution in [2.75, 3.05) is 37.9 Å². The van der Waals surface area contributed by atoms with E-state index in [2.05, 4.69) is 31.7 Å². The van der Waals surface area contributed by atoms with Gasteiger partial charge >= 0.3 is 6.03 Å². The lowest BCUT2D eigenvalue weighted by Crippen LogP contribution is -2.20. The molecule has 0 spiro atoms. The van der Waals surface area contributed by atoms with E-state index in [9.17, 15) is 9.18 Å². The number of aromatic nitrogens is 2. The van der Waals surface area contributed by atoms with Gasteiger partial charge in [-0.15, -0.1) is 0 Å². The van der Waals surface area contributed by atoms with E-state index in [0.717, 1.165) is 22.3 Å². The zero-order valence-corrected chi connectivity index (χ0v) is 18.5. The number of nitrogens with zero attached hydrogens (tertiary/aromatic N) is 3. The third-order valence-electron chi connectivity index (χ3n) is 4.28. The normalized spacial score (nSPS) is 10.9. The third kappa shape index (κ3) is 5.58. The first-order chi connectivity index (χ1) is 14.3. The van der Waals surface area contributed by atoms with Crippen molar-refractivity contribution in [1.82, 2.24) is 14.7 Å². The highest BCUT2D eigenvalue weighted by Gasteiger charge is 2.16. The molecule has 0 bridgehead atoms. The lowest BCUT2D eigenvalue weighted by Gasteiger charge is -2.16. The lowest BCUT2D eigenvalue weighted by atomic mass is 10.1. The number of urea groups is 1. The molecule has 2 N–H and O–H groups in total. The Morgan fingerprint density at radius 3 is 2.47 bits per heavy atom. The summed E-state index contributed by atoms with van der Waals surface area (Å²) in [5, 5.41) is 9.74. The van der Waals surface area contributed by atoms with Gasteiger partial charge in [0.05, 0.1) is 16.4 Å². The molecule has 9 heteroatoms. The Morgan fingerprint density at radius 1 is 1.17 bits per heavy atom. The van der Waals surface area contributed by atoms with Gasteiger partial charge < -0.3 is 20.3 Å². The summed E-state index contributed by atoms with van der Waals surface area (Å²) in [6, 6.07) is 10.5. The van der Waals surface area contributed by atoms with Crippen LogP contribution in [-0.2, 0) is 7.05 Å².